The maximum absolute atomic E-state index is 2.47. The van der Waals surface area contributed by atoms with Crippen LogP contribution in [0.4, 0.5) is 0 Å². The zero-order valence-corrected chi connectivity index (χ0v) is 30.4. The van der Waals surface area contributed by atoms with Crippen molar-refractivity contribution in [1.29, 1.82) is 0 Å². The lowest BCUT2D eigenvalue weighted by Gasteiger charge is -2.30. The van der Waals surface area contributed by atoms with Gasteiger partial charge in [0.25, 0.3) is 0 Å². The average Bonchev–Trinajstić information content (AvgIpc) is 2.98. The topological polar surface area (TPSA) is 0 Å². The Kier molecular flexibility index (Phi) is 34.9. The Morgan fingerprint density at radius 1 is 0.286 bits per heavy atom. The summed E-state index contributed by atoms with van der Waals surface area (Å²) in [5.74, 6) is 0. The van der Waals surface area contributed by atoms with E-state index in [4.69, 9.17) is 0 Å². The van der Waals surface area contributed by atoms with Crippen molar-refractivity contribution in [2.24, 2.45) is 0 Å². The molecule has 0 aromatic heterocycles. The van der Waals surface area contributed by atoms with Crippen LogP contribution in [0.25, 0.3) is 0 Å². The van der Waals surface area contributed by atoms with Crippen LogP contribution in [0.2, 0.25) is 0 Å². The second-order valence-electron chi connectivity index (χ2n) is 14.7. The van der Waals surface area contributed by atoms with Crippen molar-refractivity contribution in [3.63, 3.8) is 0 Å². The van der Waals surface area contributed by atoms with E-state index >= 15 is 0 Å². The predicted molar refractivity (Wildman–Crippen MR) is 195 cm³/mol. The summed E-state index contributed by atoms with van der Waals surface area (Å²) in [6, 6.07) is 0. The third-order valence-corrected chi connectivity index (χ3v) is 9.64. The Morgan fingerprint density at radius 3 is 0.762 bits per heavy atom. The molecular formula is C41H84N+. The van der Waals surface area contributed by atoms with Gasteiger partial charge in [-0.3, -0.25) is 0 Å². The first-order valence-electron chi connectivity index (χ1n) is 20.1. The zero-order chi connectivity index (χ0) is 30.7. The highest BCUT2D eigenvalue weighted by molar-refractivity contribution is 4.81. The Labute approximate surface area is 269 Å². The van der Waals surface area contributed by atoms with Crippen LogP contribution in [0.5, 0.6) is 0 Å². The lowest BCUT2D eigenvalue weighted by atomic mass is 10.0. The van der Waals surface area contributed by atoms with E-state index in [-0.39, 0.29) is 0 Å². The van der Waals surface area contributed by atoms with E-state index in [0.29, 0.717) is 0 Å². The van der Waals surface area contributed by atoms with Gasteiger partial charge in [0.05, 0.1) is 27.2 Å². The smallest absolute Gasteiger partial charge is 0.0782 e. The summed E-state index contributed by atoms with van der Waals surface area (Å²) in [4.78, 5) is 0. The molecule has 0 unspecified atom stereocenters. The molecule has 0 heterocycles. The fourth-order valence-electron chi connectivity index (χ4n) is 6.52. The number of nitrogens with zero attached hydrogens (tertiary/aromatic N) is 1. The van der Waals surface area contributed by atoms with Crippen LogP contribution in [0.15, 0.2) is 12.2 Å². The standard InChI is InChI=1S/C41H84N/c1-5-7-9-11-13-15-17-19-21-22-23-24-25-27-29-31-33-35-37-39-41-42(3,4)40-38-36-34-32-30-28-26-20-18-16-14-12-10-8-6-2/h19,21H,5-18,20,22-41H2,1-4H3/q+1/b21-19-. The van der Waals surface area contributed by atoms with E-state index < -0.39 is 0 Å². The van der Waals surface area contributed by atoms with Crippen molar-refractivity contribution < 1.29 is 4.48 Å². The summed E-state index contributed by atoms with van der Waals surface area (Å²) in [6.07, 6.45) is 52.5. The SMILES string of the molecule is CCCCCCCC/C=C\CCCCCCCCCCCC[N+](C)(C)CCCCCCCCCCCCCCCCC. The highest BCUT2D eigenvalue weighted by Crippen LogP contribution is 2.16. The highest BCUT2D eigenvalue weighted by atomic mass is 15.3. The summed E-state index contributed by atoms with van der Waals surface area (Å²) < 4.78 is 1.24. The molecule has 1 nitrogen and oxygen atoms in total. The normalized spacial score (nSPS) is 12.2. The molecule has 0 fully saturated rings. The highest BCUT2D eigenvalue weighted by Gasteiger charge is 2.13. The van der Waals surface area contributed by atoms with Crippen LogP contribution in [0, 0.1) is 0 Å². The molecule has 0 atom stereocenters. The molecule has 0 radical (unpaired) electrons. The van der Waals surface area contributed by atoms with E-state index in [0.717, 1.165) is 0 Å². The van der Waals surface area contributed by atoms with Crippen molar-refractivity contribution in [1.82, 2.24) is 0 Å². The second-order valence-corrected chi connectivity index (χ2v) is 14.7. The summed E-state index contributed by atoms with van der Waals surface area (Å²) in [6.45, 7) is 7.37. The molecule has 42 heavy (non-hydrogen) atoms. The maximum atomic E-state index is 2.47. The third-order valence-electron chi connectivity index (χ3n) is 9.64. The Balaban J connectivity index is 3.29. The van der Waals surface area contributed by atoms with Crippen molar-refractivity contribution in [2.45, 2.75) is 226 Å². The van der Waals surface area contributed by atoms with Crippen LogP contribution in [-0.4, -0.2) is 31.7 Å². The van der Waals surface area contributed by atoms with E-state index in [9.17, 15) is 0 Å². The molecule has 0 aromatic rings. The van der Waals surface area contributed by atoms with Gasteiger partial charge in [-0.25, -0.2) is 0 Å². The van der Waals surface area contributed by atoms with Crippen molar-refractivity contribution >= 4 is 0 Å². The molecule has 0 spiro atoms. The fourth-order valence-corrected chi connectivity index (χ4v) is 6.52. The molecule has 0 aromatic carbocycles. The lowest BCUT2D eigenvalue weighted by Crippen LogP contribution is -2.41. The molecule has 252 valence electrons. The summed E-state index contributed by atoms with van der Waals surface area (Å²) in [7, 11) is 4.93. The maximum Gasteiger partial charge on any atom is 0.0782 e. The van der Waals surface area contributed by atoms with Crippen molar-refractivity contribution in [3.8, 4) is 0 Å². The summed E-state index contributed by atoms with van der Waals surface area (Å²) in [5.41, 5.74) is 0. The third kappa shape index (κ3) is 35.9. The molecule has 0 saturated heterocycles. The van der Waals surface area contributed by atoms with Gasteiger partial charge in [-0.15, -0.1) is 0 Å². The molecule has 0 aliphatic rings. The minimum Gasteiger partial charge on any atom is -0.328 e. The molecule has 0 rings (SSSR count). The van der Waals surface area contributed by atoms with Crippen LogP contribution in [-0.2, 0) is 0 Å². The quantitative estimate of drug-likeness (QED) is 0.0387. The number of allylic oxidation sites excluding steroid dienone is 2. The van der Waals surface area contributed by atoms with Gasteiger partial charge in [0.2, 0.25) is 0 Å². The lowest BCUT2D eigenvalue weighted by molar-refractivity contribution is -0.890. The largest absolute Gasteiger partial charge is 0.328 e. The monoisotopic (exact) mass is 591 g/mol. The Hall–Kier alpha value is -0.300. The zero-order valence-electron chi connectivity index (χ0n) is 30.4. The molecule has 0 amide bonds. The van der Waals surface area contributed by atoms with E-state index in [2.05, 4.69) is 40.1 Å². The number of hydrogen-bond donors (Lipinski definition) is 0. The number of unbranched alkanes of at least 4 members (excludes halogenated alkanes) is 30. The van der Waals surface area contributed by atoms with E-state index in [1.165, 1.54) is 229 Å². The van der Waals surface area contributed by atoms with Crippen LogP contribution < -0.4 is 0 Å². The summed E-state index contributed by atoms with van der Waals surface area (Å²) in [5, 5.41) is 0. The molecule has 0 N–H and O–H groups in total. The average molecular weight is 591 g/mol. The first kappa shape index (κ1) is 41.7. The van der Waals surface area contributed by atoms with Crippen molar-refractivity contribution in [2.75, 3.05) is 27.2 Å². The molecule has 0 bridgehead atoms. The first-order valence-corrected chi connectivity index (χ1v) is 20.1. The molecular weight excluding hydrogens is 506 g/mol. The number of rotatable bonds is 36. The van der Waals surface area contributed by atoms with E-state index in [1.54, 1.807) is 0 Å². The van der Waals surface area contributed by atoms with Crippen LogP contribution in [0.1, 0.15) is 226 Å². The van der Waals surface area contributed by atoms with Gasteiger partial charge >= 0.3 is 0 Å². The Bertz CT molecular complexity index is 507. The van der Waals surface area contributed by atoms with Crippen molar-refractivity contribution in [3.05, 3.63) is 12.2 Å². The van der Waals surface area contributed by atoms with Gasteiger partial charge in [0.15, 0.2) is 0 Å². The molecule has 0 aliphatic heterocycles. The fraction of sp³-hybridized carbons (Fsp3) is 0.951. The molecule has 0 aliphatic carbocycles. The molecule has 1 heteroatoms. The number of hydrogen-bond acceptors (Lipinski definition) is 0. The molecule has 0 saturated carbocycles. The van der Waals surface area contributed by atoms with Crippen LogP contribution in [0.3, 0.4) is 0 Å². The Morgan fingerprint density at radius 2 is 0.500 bits per heavy atom. The first-order chi connectivity index (χ1) is 20.6. The second kappa shape index (κ2) is 35.2. The van der Waals surface area contributed by atoms with Gasteiger partial charge in [-0.1, -0.05) is 187 Å². The predicted octanol–water partition coefficient (Wildman–Crippen LogP) is 14.5. The minimum atomic E-state index is 1.24. The summed E-state index contributed by atoms with van der Waals surface area (Å²) >= 11 is 0. The minimum absolute atomic E-state index is 1.24. The van der Waals surface area contributed by atoms with Gasteiger partial charge in [-0.05, 0) is 51.4 Å². The van der Waals surface area contributed by atoms with Gasteiger partial charge < -0.3 is 4.48 Å². The van der Waals surface area contributed by atoms with Gasteiger partial charge in [0.1, 0.15) is 0 Å². The van der Waals surface area contributed by atoms with E-state index in [1.807, 2.05) is 0 Å². The van der Waals surface area contributed by atoms with Gasteiger partial charge in [0, 0.05) is 0 Å². The number of quaternary nitrogens is 1. The van der Waals surface area contributed by atoms with Crippen LogP contribution >= 0.6 is 0 Å². The van der Waals surface area contributed by atoms with Gasteiger partial charge in [-0.2, -0.15) is 0 Å².